The highest BCUT2D eigenvalue weighted by Gasteiger charge is 2.16. The normalized spacial score (nSPS) is 9.84. The number of carbonyl (C=O) groups excluding carboxylic acids is 2. The van der Waals surface area contributed by atoms with E-state index >= 15 is 0 Å². The highest BCUT2D eigenvalue weighted by Crippen LogP contribution is 2.13. The summed E-state index contributed by atoms with van der Waals surface area (Å²) in [5.41, 5.74) is 0.629. The summed E-state index contributed by atoms with van der Waals surface area (Å²) >= 11 is 0. The van der Waals surface area contributed by atoms with E-state index in [1.807, 2.05) is 0 Å². The van der Waals surface area contributed by atoms with E-state index in [4.69, 9.17) is 0 Å². The molecule has 7 nitrogen and oxygen atoms in total. The monoisotopic (exact) mass is 265 g/mol. The summed E-state index contributed by atoms with van der Waals surface area (Å²) in [6, 6.07) is 5.74. The number of rotatable bonds is 3. The van der Waals surface area contributed by atoms with Crippen molar-refractivity contribution in [1.82, 2.24) is 10.0 Å². The fraction of sp³-hybridized carbons (Fsp3) is 0.333. The Labute approximate surface area is 110 Å². The van der Waals surface area contributed by atoms with E-state index in [1.54, 1.807) is 0 Å². The number of nitrogens with zero attached hydrogens (tertiary/aromatic N) is 3. The van der Waals surface area contributed by atoms with Gasteiger partial charge in [0, 0.05) is 33.2 Å². The topological polar surface area (TPSA) is 83.8 Å². The van der Waals surface area contributed by atoms with Crippen molar-refractivity contribution >= 4 is 17.5 Å². The van der Waals surface area contributed by atoms with Crippen LogP contribution in [0, 0.1) is 10.1 Å². The fourth-order valence-corrected chi connectivity index (χ4v) is 1.40. The number of hydrogen-bond acceptors (Lipinski definition) is 4. The van der Waals surface area contributed by atoms with Crippen molar-refractivity contribution < 1.29 is 14.5 Å². The van der Waals surface area contributed by atoms with Gasteiger partial charge in [-0.05, 0) is 5.56 Å². The van der Waals surface area contributed by atoms with Crippen LogP contribution in [0.4, 0.5) is 5.69 Å². The standard InChI is InChI=1S/C12H15N3O4/c1-9(16)13(2)14(3)12(17)8-10-4-6-11(7-5-10)15(18)19/h4-7H,8H2,1-3H3. The summed E-state index contributed by atoms with van der Waals surface area (Å²) < 4.78 is 0. The molecule has 0 heterocycles. The van der Waals surface area contributed by atoms with E-state index in [1.165, 1.54) is 55.3 Å². The molecule has 0 aliphatic rings. The molecule has 0 aliphatic carbocycles. The first-order chi connectivity index (χ1) is 8.82. The van der Waals surface area contributed by atoms with Crippen LogP contribution in [-0.2, 0) is 16.0 Å². The van der Waals surface area contributed by atoms with Crippen molar-refractivity contribution in [3.8, 4) is 0 Å². The van der Waals surface area contributed by atoms with Crippen LogP contribution in [0.1, 0.15) is 12.5 Å². The zero-order valence-electron chi connectivity index (χ0n) is 11.0. The summed E-state index contributed by atoms with van der Waals surface area (Å²) in [7, 11) is 2.99. The molecule has 0 fully saturated rings. The second kappa shape index (κ2) is 5.94. The lowest BCUT2D eigenvalue weighted by Gasteiger charge is -2.27. The molecule has 0 atom stereocenters. The Bertz CT molecular complexity index is 498. The van der Waals surface area contributed by atoms with E-state index in [0.29, 0.717) is 5.56 Å². The molecule has 1 rings (SSSR count). The van der Waals surface area contributed by atoms with Gasteiger partial charge in [-0.25, -0.2) is 0 Å². The summed E-state index contributed by atoms with van der Waals surface area (Å²) in [6.45, 7) is 1.36. The van der Waals surface area contributed by atoms with Crippen LogP contribution in [0.3, 0.4) is 0 Å². The number of carbonyl (C=O) groups is 2. The molecule has 1 aromatic carbocycles. The molecule has 19 heavy (non-hydrogen) atoms. The Kier molecular flexibility index (Phi) is 4.57. The molecule has 2 amide bonds. The predicted molar refractivity (Wildman–Crippen MR) is 68.0 cm³/mol. The van der Waals surface area contributed by atoms with Crippen LogP contribution >= 0.6 is 0 Å². The smallest absolute Gasteiger partial charge is 0.269 e. The first-order valence-electron chi connectivity index (χ1n) is 5.57. The molecule has 102 valence electrons. The lowest BCUT2D eigenvalue weighted by Crippen LogP contribution is -2.44. The molecule has 7 heteroatoms. The maximum atomic E-state index is 11.9. The zero-order valence-corrected chi connectivity index (χ0v) is 11.0. The summed E-state index contributed by atoms with van der Waals surface area (Å²) in [5.74, 6) is -0.522. The van der Waals surface area contributed by atoms with Gasteiger partial charge in [0.15, 0.2) is 0 Å². The van der Waals surface area contributed by atoms with Crippen LogP contribution in [0.5, 0.6) is 0 Å². The van der Waals surface area contributed by atoms with Gasteiger partial charge in [0.25, 0.3) is 5.69 Å². The highest BCUT2D eigenvalue weighted by molar-refractivity contribution is 5.82. The van der Waals surface area contributed by atoms with E-state index < -0.39 is 4.92 Å². The molecule has 0 N–H and O–H groups in total. The van der Waals surface area contributed by atoms with Crippen LogP contribution in [0.2, 0.25) is 0 Å². The quantitative estimate of drug-likeness (QED) is 0.602. The van der Waals surface area contributed by atoms with Gasteiger partial charge in [-0.15, -0.1) is 0 Å². The number of hydrazine groups is 1. The Morgan fingerprint density at radius 3 is 2.11 bits per heavy atom. The molecule has 0 bridgehead atoms. The Balaban J connectivity index is 2.71. The van der Waals surface area contributed by atoms with Crippen LogP contribution in [-0.4, -0.2) is 40.9 Å². The van der Waals surface area contributed by atoms with Crippen molar-refractivity contribution in [2.75, 3.05) is 14.1 Å². The molecular weight excluding hydrogens is 250 g/mol. The average Bonchev–Trinajstić information content (AvgIpc) is 2.37. The third-order valence-corrected chi connectivity index (χ3v) is 2.77. The molecule has 0 radical (unpaired) electrons. The first kappa shape index (κ1) is 14.6. The second-order valence-corrected chi connectivity index (χ2v) is 4.06. The van der Waals surface area contributed by atoms with Crippen molar-refractivity contribution in [3.05, 3.63) is 39.9 Å². The number of likely N-dealkylation sites (N-methyl/N-ethyl adjacent to an activating group) is 1. The van der Waals surface area contributed by atoms with E-state index in [-0.39, 0.29) is 23.9 Å². The second-order valence-electron chi connectivity index (χ2n) is 4.06. The van der Waals surface area contributed by atoms with E-state index in [2.05, 4.69) is 0 Å². The predicted octanol–water partition coefficient (Wildman–Crippen LogP) is 0.989. The molecule has 1 aromatic rings. The van der Waals surface area contributed by atoms with Crippen molar-refractivity contribution in [1.29, 1.82) is 0 Å². The minimum absolute atomic E-state index is 0.0228. The Morgan fingerprint density at radius 2 is 1.68 bits per heavy atom. The van der Waals surface area contributed by atoms with Crippen LogP contribution < -0.4 is 0 Å². The molecule has 0 saturated carbocycles. The average molecular weight is 265 g/mol. The molecule has 0 saturated heterocycles. The number of non-ortho nitro benzene ring substituents is 1. The molecule has 0 unspecified atom stereocenters. The third kappa shape index (κ3) is 3.77. The van der Waals surface area contributed by atoms with Gasteiger partial charge in [0.2, 0.25) is 11.8 Å². The van der Waals surface area contributed by atoms with Gasteiger partial charge in [-0.1, -0.05) is 12.1 Å². The molecule has 0 aromatic heterocycles. The maximum absolute atomic E-state index is 11.9. The number of nitro benzene ring substituents is 1. The third-order valence-electron chi connectivity index (χ3n) is 2.77. The maximum Gasteiger partial charge on any atom is 0.269 e. The number of hydrogen-bond donors (Lipinski definition) is 0. The SMILES string of the molecule is CC(=O)N(C)N(C)C(=O)Cc1ccc([N+](=O)[O-])cc1. The van der Waals surface area contributed by atoms with Crippen molar-refractivity contribution in [2.24, 2.45) is 0 Å². The first-order valence-corrected chi connectivity index (χ1v) is 5.57. The largest absolute Gasteiger partial charge is 0.273 e. The fourth-order valence-electron chi connectivity index (χ4n) is 1.40. The minimum atomic E-state index is -0.499. The molecular formula is C12H15N3O4. The van der Waals surface area contributed by atoms with Crippen LogP contribution in [0.25, 0.3) is 0 Å². The summed E-state index contributed by atoms with van der Waals surface area (Å²) in [5, 5.41) is 12.9. The van der Waals surface area contributed by atoms with E-state index in [9.17, 15) is 19.7 Å². The molecule has 0 spiro atoms. The highest BCUT2D eigenvalue weighted by atomic mass is 16.6. The van der Waals surface area contributed by atoms with Gasteiger partial charge in [0.1, 0.15) is 0 Å². The lowest BCUT2D eigenvalue weighted by molar-refractivity contribution is -0.384. The van der Waals surface area contributed by atoms with Crippen molar-refractivity contribution in [2.45, 2.75) is 13.3 Å². The zero-order chi connectivity index (χ0) is 14.6. The summed E-state index contributed by atoms with van der Waals surface area (Å²) in [4.78, 5) is 33.0. The van der Waals surface area contributed by atoms with Gasteiger partial charge in [-0.3, -0.25) is 29.7 Å². The molecule has 0 aliphatic heterocycles. The van der Waals surface area contributed by atoms with Gasteiger partial charge in [-0.2, -0.15) is 0 Å². The van der Waals surface area contributed by atoms with Gasteiger partial charge < -0.3 is 0 Å². The lowest BCUT2D eigenvalue weighted by atomic mass is 10.1. The van der Waals surface area contributed by atoms with Gasteiger partial charge in [0.05, 0.1) is 11.3 Å². The van der Waals surface area contributed by atoms with E-state index in [0.717, 1.165) is 0 Å². The number of benzene rings is 1. The van der Waals surface area contributed by atoms with Crippen molar-refractivity contribution in [3.63, 3.8) is 0 Å². The summed E-state index contributed by atoms with van der Waals surface area (Å²) in [6.07, 6.45) is 0.0755. The van der Waals surface area contributed by atoms with Gasteiger partial charge >= 0.3 is 0 Å². The Morgan fingerprint density at radius 1 is 1.16 bits per heavy atom. The van der Waals surface area contributed by atoms with Crippen LogP contribution in [0.15, 0.2) is 24.3 Å². The Hall–Kier alpha value is -2.44. The number of nitro groups is 1. The minimum Gasteiger partial charge on any atom is -0.273 e. The number of amides is 2.